The van der Waals surface area contributed by atoms with Crippen LogP contribution in [0.4, 0.5) is 0 Å². The highest BCUT2D eigenvalue weighted by Gasteiger charge is 2.09. The summed E-state index contributed by atoms with van der Waals surface area (Å²) in [6, 6.07) is 5.25. The molecule has 0 amide bonds. The first-order valence-corrected chi connectivity index (χ1v) is 8.62. The number of aryl methyl sites for hydroxylation is 1. The summed E-state index contributed by atoms with van der Waals surface area (Å²) in [5, 5.41) is 0. The average Bonchev–Trinajstić information content (AvgIpc) is 2.46. The van der Waals surface area contributed by atoms with Gasteiger partial charge in [-0.15, -0.1) is 0 Å². The van der Waals surface area contributed by atoms with Crippen LogP contribution < -0.4 is 4.74 Å². The van der Waals surface area contributed by atoms with Gasteiger partial charge in [-0.3, -0.25) is 0 Å². The van der Waals surface area contributed by atoms with Gasteiger partial charge in [-0.05, 0) is 50.5 Å². The van der Waals surface area contributed by atoms with Gasteiger partial charge in [0.25, 0.3) is 0 Å². The van der Waals surface area contributed by atoms with Gasteiger partial charge < -0.3 is 14.2 Å². The fourth-order valence-corrected chi connectivity index (χ4v) is 1.41. The molecule has 1 aromatic rings. The van der Waals surface area contributed by atoms with E-state index in [1.54, 1.807) is 30.8 Å². The summed E-state index contributed by atoms with van der Waals surface area (Å²) in [5.74, 6) is 0.313. The molecule has 1 aromatic carbocycles. The fourth-order valence-electron chi connectivity index (χ4n) is 1.41. The molecule has 0 unspecified atom stereocenters. The molecule has 5 heteroatoms. The first kappa shape index (κ1) is 19.8. The van der Waals surface area contributed by atoms with Crippen LogP contribution in [-0.4, -0.2) is 38.5 Å². The zero-order chi connectivity index (χ0) is 16.1. The van der Waals surface area contributed by atoms with Gasteiger partial charge in [0.1, 0.15) is 5.75 Å². The third-order valence-electron chi connectivity index (χ3n) is 2.35. The summed E-state index contributed by atoms with van der Waals surface area (Å²) in [7, 11) is 0. The minimum absolute atomic E-state index is 0.195. The summed E-state index contributed by atoms with van der Waals surface area (Å²) < 4.78 is 15.7. The summed E-state index contributed by atoms with van der Waals surface area (Å²) in [5.41, 5.74) is 1.45. The first-order valence-electron chi connectivity index (χ1n) is 6.99. The lowest BCUT2D eigenvalue weighted by atomic mass is 10.1. The molecular formula is C16H26O4S. The second-order valence-corrected chi connectivity index (χ2v) is 5.10. The summed E-state index contributed by atoms with van der Waals surface area (Å²) in [6.07, 6.45) is 5.03. The van der Waals surface area contributed by atoms with Gasteiger partial charge in [0, 0.05) is 0 Å². The van der Waals surface area contributed by atoms with Crippen molar-refractivity contribution in [1.82, 2.24) is 0 Å². The molecule has 0 saturated carbocycles. The maximum atomic E-state index is 11.6. The largest absolute Gasteiger partial charge is 0.467 e. The molecule has 0 aliphatic rings. The highest BCUT2D eigenvalue weighted by molar-refractivity contribution is 7.97. The van der Waals surface area contributed by atoms with Crippen molar-refractivity contribution in [1.29, 1.82) is 0 Å². The molecule has 0 heterocycles. The van der Waals surface area contributed by atoms with Crippen molar-refractivity contribution in [2.24, 2.45) is 0 Å². The van der Waals surface area contributed by atoms with E-state index < -0.39 is 0 Å². The number of rotatable bonds is 7. The Morgan fingerprint density at radius 2 is 1.90 bits per heavy atom. The number of ether oxygens (including phenoxy) is 3. The molecule has 0 atom stereocenters. The molecule has 0 saturated heterocycles. The van der Waals surface area contributed by atoms with Gasteiger partial charge in [0.05, 0.1) is 18.8 Å². The number of hydrogen-bond donors (Lipinski definition) is 0. The Morgan fingerprint density at radius 1 is 1.24 bits per heavy atom. The van der Waals surface area contributed by atoms with Crippen molar-refractivity contribution in [3.63, 3.8) is 0 Å². The molecule has 0 aliphatic carbocycles. The van der Waals surface area contributed by atoms with Crippen LogP contribution in [0, 0.1) is 6.92 Å². The zero-order valence-electron chi connectivity index (χ0n) is 13.6. The summed E-state index contributed by atoms with van der Waals surface area (Å²) in [4.78, 5) is 11.6. The third kappa shape index (κ3) is 8.63. The number of carbonyl (C=O) groups excluding carboxylic acids is 1. The van der Waals surface area contributed by atoms with Crippen molar-refractivity contribution < 1.29 is 19.0 Å². The normalized spacial score (nSPS) is 9.57. The van der Waals surface area contributed by atoms with Crippen LogP contribution in [0.15, 0.2) is 18.2 Å². The highest BCUT2D eigenvalue weighted by Crippen LogP contribution is 2.20. The number of carbonyl (C=O) groups is 1. The SMILES string of the molecule is CCCOCOc1cc(C(=O)OCC)ccc1C.CSC. The van der Waals surface area contributed by atoms with E-state index in [0.717, 1.165) is 12.0 Å². The van der Waals surface area contributed by atoms with Gasteiger partial charge in [-0.2, -0.15) is 11.8 Å². The predicted octanol–water partition coefficient (Wildman–Crippen LogP) is 3.91. The van der Waals surface area contributed by atoms with Crippen LogP contribution in [0.25, 0.3) is 0 Å². The van der Waals surface area contributed by atoms with Crippen LogP contribution in [0.3, 0.4) is 0 Å². The molecule has 0 N–H and O–H groups in total. The van der Waals surface area contributed by atoms with Gasteiger partial charge in [0.2, 0.25) is 0 Å². The Balaban J connectivity index is 0.00000122. The van der Waals surface area contributed by atoms with E-state index in [1.165, 1.54) is 0 Å². The number of esters is 1. The quantitative estimate of drug-likeness (QED) is 0.434. The van der Waals surface area contributed by atoms with Crippen molar-refractivity contribution in [3.8, 4) is 5.75 Å². The minimum atomic E-state index is -0.336. The van der Waals surface area contributed by atoms with E-state index >= 15 is 0 Å². The molecule has 0 aliphatic heterocycles. The van der Waals surface area contributed by atoms with Crippen molar-refractivity contribution in [2.75, 3.05) is 32.5 Å². The molecule has 0 bridgehead atoms. The Kier molecular flexibility index (Phi) is 11.8. The standard InChI is InChI=1S/C14H20O4.C2H6S/c1-4-8-16-10-18-13-9-12(7-6-11(13)3)14(15)17-5-2;1-3-2/h6-7,9H,4-5,8,10H2,1-3H3;1-2H3. The summed E-state index contributed by atoms with van der Waals surface area (Å²) in [6.45, 7) is 6.96. The lowest BCUT2D eigenvalue weighted by Gasteiger charge is -2.10. The molecule has 120 valence electrons. The molecule has 0 fully saturated rings. The lowest BCUT2D eigenvalue weighted by molar-refractivity contribution is 0.0151. The molecule has 1 rings (SSSR count). The van der Waals surface area contributed by atoms with Gasteiger partial charge in [0.15, 0.2) is 6.79 Å². The second kappa shape index (κ2) is 12.5. The van der Waals surface area contributed by atoms with Gasteiger partial charge in [-0.1, -0.05) is 13.0 Å². The molecule has 4 nitrogen and oxygen atoms in total. The van der Waals surface area contributed by atoms with Crippen molar-refractivity contribution in [2.45, 2.75) is 27.2 Å². The fraction of sp³-hybridized carbons (Fsp3) is 0.562. The lowest BCUT2D eigenvalue weighted by Crippen LogP contribution is -2.07. The van der Waals surface area contributed by atoms with Crippen LogP contribution in [-0.2, 0) is 9.47 Å². The maximum absolute atomic E-state index is 11.6. The van der Waals surface area contributed by atoms with E-state index in [2.05, 4.69) is 0 Å². The Hall–Kier alpha value is -1.20. The summed E-state index contributed by atoms with van der Waals surface area (Å²) >= 11 is 1.75. The van der Waals surface area contributed by atoms with Crippen LogP contribution >= 0.6 is 11.8 Å². The van der Waals surface area contributed by atoms with Crippen molar-refractivity contribution >= 4 is 17.7 Å². The van der Waals surface area contributed by atoms with Crippen LogP contribution in [0.2, 0.25) is 0 Å². The second-order valence-electron chi connectivity index (χ2n) is 4.28. The third-order valence-corrected chi connectivity index (χ3v) is 2.35. The monoisotopic (exact) mass is 314 g/mol. The number of benzene rings is 1. The van der Waals surface area contributed by atoms with Crippen molar-refractivity contribution in [3.05, 3.63) is 29.3 Å². The minimum Gasteiger partial charge on any atom is -0.467 e. The van der Waals surface area contributed by atoms with Crippen LogP contribution in [0.5, 0.6) is 5.75 Å². The maximum Gasteiger partial charge on any atom is 0.338 e. The number of thioether (sulfide) groups is 1. The number of hydrogen-bond acceptors (Lipinski definition) is 5. The Bertz CT molecular complexity index is 407. The van der Waals surface area contributed by atoms with Gasteiger partial charge >= 0.3 is 5.97 Å². The van der Waals surface area contributed by atoms with Gasteiger partial charge in [-0.25, -0.2) is 4.79 Å². The molecule has 0 radical (unpaired) electrons. The predicted molar refractivity (Wildman–Crippen MR) is 88.3 cm³/mol. The molecule has 0 spiro atoms. The topological polar surface area (TPSA) is 44.8 Å². The van der Waals surface area contributed by atoms with E-state index in [4.69, 9.17) is 14.2 Å². The molecule has 21 heavy (non-hydrogen) atoms. The Labute approximate surface area is 132 Å². The molecule has 0 aromatic heterocycles. The Morgan fingerprint density at radius 3 is 2.48 bits per heavy atom. The zero-order valence-corrected chi connectivity index (χ0v) is 14.4. The van der Waals surface area contributed by atoms with E-state index in [0.29, 0.717) is 24.5 Å². The average molecular weight is 314 g/mol. The van der Waals surface area contributed by atoms with E-state index in [9.17, 15) is 4.79 Å². The van der Waals surface area contributed by atoms with E-state index in [-0.39, 0.29) is 12.8 Å². The van der Waals surface area contributed by atoms with E-state index in [1.807, 2.05) is 32.4 Å². The molecular weight excluding hydrogens is 288 g/mol. The highest BCUT2D eigenvalue weighted by atomic mass is 32.2. The smallest absolute Gasteiger partial charge is 0.338 e. The van der Waals surface area contributed by atoms with Crippen LogP contribution in [0.1, 0.15) is 36.2 Å². The first-order chi connectivity index (χ1) is 10.1.